The molecule has 2 aliphatic heterocycles. The molecule has 2 N–H and O–H groups in total. The minimum absolute atomic E-state index is 0.00917. The summed E-state index contributed by atoms with van der Waals surface area (Å²) < 4.78 is 0. The van der Waals surface area contributed by atoms with E-state index in [1.807, 2.05) is 42.8 Å². The molecule has 0 saturated carbocycles. The van der Waals surface area contributed by atoms with Crippen LogP contribution in [0.3, 0.4) is 0 Å². The van der Waals surface area contributed by atoms with Gasteiger partial charge in [-0.15, -0.1) is 0 Å². The molecule has 1 aromatic heterocycles. The second-order valence-electron chi connectivity index (χ2n) is 7.33. The molecule has 4 amide bonds. The Balaban J connectivity index is 1.62. The highest BCUT2D eigenvalue weighted by Gasteiger charge is 2.40. The van der Waals surface area contributed by atoms with Crippen molar-refractivity contribution < 1.29 is 14.4 Å². The number of fused-ring (bicyclic) bond motifs is 2. The number of anilines is 1. The maximum atomic E-state index is 13.2. The average Bonchev–Trinajstić information content (AvgIpc) is 3.18. The molecule has 1 saturated heterocycles. The zero-order valence-electron chi connectivity index (χ0n) is 15.8. The summed E-state index contributed by atoms with van der Waals surface area (Å²) in [5.74, 6) is -0.447. The first-order valence-corrected chi connectivity index (χ1v) is 10.2. The molecule has 0 unspecified atom stereocenters. The zero-order chi connectivity index (χ0) is 19.8. The van der Waals surface area contributed by atoms with Crippen LogP contribution in [0.1, 0.15) is 24.2 Å². The molecular formula is C20H22N4O3S. The molecule has 1 aromatic carbocycles. The summed E-state index contributed by atoms with van der Waals surface area (Å²) >= 11 is 1.59. The lowest BCUT2D eigenvalue weighted by Crippen LogP contribution is -2.61. The predicted octanol–water partition coefficient (Wildman–Crippen LogP) is 2.61. The first kappa shape index (κ1) is 18.5. The maximum absolute atomic E-state index is 13.2. The molecule has 4 rings (SSSR count). The fourth-order valence-corrected chi connectivity index (χ4v) is 4.25. The van der Waals surface area contributed by atoms with Crippen LogP contribution in [0.25, 0.3) is 11.1 Å². The molecule has 0 bridgehead atoms. The second-order valence-corrected chi connectivity index (χ2v) is 8.11. The molecule has 3 heterocycles. The second kappa shape index (κ2) is 7.27. The van der Waals surface area contributed by atoms with E-state index in [0.717, 1.165) is 11.1 Å². The number of carbonyl (C=O) groups is 3. The quantitative estimate of drug-likeness (QED) is 0.816. The first-order chi connectivity index (χ1) is 13.4. The Labute approximate surface area is 167 Å². The Kier molecular flexibility index (Phi) is 4.80. The highest BCUT2D eigenvalue weighted by molar-refractivity contribution is 7.08. The van der Waals surface area contributed by atoms with Gasteiger partial charge in [0.1, 0.15) is 6.04 Å². The van der Waals surface area contributed by atoms with Gasteiger partial charge in [-0.3, -0.25) is 9.59 Å². The molecule has 2 aliphatic rings. The monoisotopic (exact) mass is 398 g/mol. The summed E-state index contributed by atoms with van der Waals surface area (Å²) in [4.78, 5) is 41.5. The van der Waals surface area contributed by atoms with Crippen molar-refractivity contribution in [2.45, 2.75) is 25.9 Å². The Morgan fingerprint density at radius 1 is 1.21 bits per heavy atom. The van der Waals surface area contributed by atoms with Crippen molar-refractivity contribution >= 4 is 34.9 Å². The smallest absolute Gasteiger partial charge is 0.317 e. The lowest BCUT2D eigenvalue weighted by Gasteiger charge is -2.39. The van der Waals surface area contributed by atoms with Crippen molar-refractivity contribution in [3.63, 3.8) is 0 Å². The molecule has 0 aliphatic carbocycles. The van der Waals surface area contributed by atoms with Gasteiger partial charge in [0.2, 0.25) is 5.91 Å². The van der Waals surface area contributed by atoms with Crippen LogP contribution in [0.5, 0.6) is 0 Å². The third kappa shape index (κ3) is 3.35. The van der Waals surface area contributed by atoms with Crippen LogP contribution < -0.4 is 10.6 Å². The number of benzene rings is 1. The number of thiophene rings is 1. The van der Waals surface area contributed by atoms with E-state index < -0.39 is 6.04 Å². The minimum Gasteiger partial charge on any atom is -0.336 e. The van der Waals surface area contributed by atoms with Gasteiger partial charge < -0.3 is 20.4 Å². The normalized spacial score (nSPS) is 19.0. The van der Waals surface area contributed by atoms with Crippen LogP contribution in [0, 0.1) is 0 Å². The molecule has 1 fully saturated rings. The van der Waals surface area contributed by atoms with E-state index in [1.165, 1.54) is 0 Å². The number of hydrogen-bond donors (Lipinski definition) is 2. The van der Waals surface area contributed by atoms with E-state index in [-0.39, 0.29) is 30.4 Å². The van der Waals surface area contributed by atoms with Gasteiger partial charge in [-0.1, -0.05) is 6.07 Å². The fraction of sp³-hybridized carbons (Fsp3) is 0.350. The van der Waals surface area contributed by atoms with Crippen molar-refractivity contribution in [3.05, 3.63) is 40.6 Å². The molecule has 1 atom stereocenters. The van der Waals surface area contributed by atoms with Gasteiger partial charge in [0.05, 0.1) is 17.8 Å². The van der Waals surface area contributed by atoms with E-state index in [4.69, 9.17) is 0 Å². The molecule has 146 valence electrons. The van der Waals surface area contributed by atoms with Gasteiger partial charge in [0.15, 0.2) is 0 Å². The van der Waals surface area contributed by atoms with Gasteiger partial charge in [-0.05, 0) is 53.9 Å². The maximum Gasteiger partial charge on any atom is 0.317 e. The van der Waals surface area contributed by atoms with Crippen LogP contribution in [0.4, 0.5) is 10.5 Å². The Hall–Kier alpha value is -2.87. The number of rotatable bonds is 2. The molecule has 8 heteroatoms. The molecule has 7 nitrogen and oxygen atoms in total. The third-order valence-electron chi connectivity index (χ3n) is 5.01. The number of nitrogens with zero attached hydrogens (tertiary/aromatic N) is 2. The van der Waals surface area contributed by atoms with Gasteiger partial charge in [-0.25, -0.2) is 4.79 Å². The lowest BCUT2D eigenvalue weighted by molar-refractivity contribution is -0.121. The van der Waals surface area contributed by atoms with Gasteiger partial charge in [0.25, 0.3) is 5.91 Å². The summed E-state index contributed by atoms with van der Waals surface area (Å²) in [7, 11) is 0. The zero-order valence-corrected chi connectivity index (χ0v) is 16.6. The highest BCUT2D eigenvalue weighted by Crippen LogP contribution is 2.31. The van der Waals surface area contributed by atoms with E-state index in [9.17, 15) is 14.4 Å². The summed E-state index contributed by atoms with van der Waals surface area (Å²) in [6.45, 7) is 4.68. The topological polar surface area (TPSA) is 81.8 Å². The van der Waals surface area contributed by atoms with Crippen molar-refractivity contribution in [1.29, 1.82) is 0 Å². The fourth-order valence-electron chi connectivity index (χ4n) is 3.58. The van der Waals surface area contributed by atoms with Crippen LogP contribution >= 0.6 is 11.3 Å². The number of amides is 4. The minimum atomic E-state index is -0.698. The van der Waals surface area contributed by atoms with Gasteiger partial charge in [0, 0.05) is 19.1 Å². The summed E-state index contributed by atoms with van der Waals surface area (Å²) in [5, 5.41) is 9.72. The molecule has 0 radical (unpaired) electrons. The van der Waals surface area contributed by atoms with E-state index in [0.29, 0.717) is 24.3 Å². The Bertz CT molecular complexity index is 926. The standard InChI is InChI=1S/C20H22N4O3S/c1-12(2)21-20(27)23-6-7-24-17(10-23)18(25)22-16-4-3-13(9-15(16)19(24)26)14-5-8-28-11-14/h3-5,8-9,11-12,17H,6-7,10H2,1-2H3,(H,21,27)(H,22,25)/t17-/m1/s1. The van der Waals surface area contributed by atoms with Crippen LogP contribution in [-0.2, 0) is 4.79 Å². The van der Waals surface area contributed by atoms with Crippen molar-refractivity contribution in [1.82, 2.24) is 15.1 Å². The van der Waals surface area contributed by atoms with Gasteiger partial charge >= 0.3 is 6.03 Å². The van der Waals surface area contributed by atoms with Crippen molar-refractivity contribution in [2.75, 3.05) is 25.0 Å². The first-order valence-electron chi connectivity index (χ1n) is 9.28. The molecule has 0 spiro atoms. The van der Waals surface area contributed by atoms with E-state index >= 15 is 0 Å². The number of carbonyl (C=O) groups excluding carboxylic acids is 3. The Morgan fingerprint density at radius 2 is 2.04 bits per heavy atom. The number of urea groups is 1. The summed E-state index contributed by atoms with van der Waals surface area (Å²) in [5.41, 5.74) is 2.99. The average molecular weight is 398 g/mol. The predicted molar refractivity (Wildman–Crippen MR) is 108 cm³/mol. The highest BCUT2D eigenvalue weighted by atomic mass is 32.1. The number of nitrogens with one attached hydrogen (secondary N) is 2. The van der Waals surface area contributed by atoms with Crippen molar-refractivity contribution in [3.8, 4) is 11.1 Å². The SMILES string of the molecule is CC(C)NC(=O)N1CCN2C(=O)c3cc(-c4ccsc4)ccc3NC(=O)[C@H]2C1. The number of piperazine rings is 1. The van der Waals surface area contributed by atoms with Crippen LogP contribution in [0.15, 0.2) is 35.0 Å². The largest absolute Gasteiger partial charge is 0.336 e. The van der Waals surface area contributed by atoms with Crippen molar-refractivity contribution in [2.24, 2.45) is 0 Å². The molecular weight excluding hydrogens is 376 g/mol. The van der Waals surface area contributed by atoms with E-state index in [2.05, 4.69) is 10.6 Å². The third-order valence-corrected chi connectivity index (χ3v) is 5.69. The van der Waals surface area contributed by atoms with E-state index in [1.54, 1.807) is 27.2 Å². The summed E-state index contributed by atoms with van der Waals surface area (Å²) in [6, 6.07) is 6.62. The van der Waals surface area contributed by atoms with Crippen LogP contribution in [0.2, 0.25) is 0 Å². The number of hydrogen-bond acceptors (Lipinski definition) is 4. The summed E-state index contributed by atoms with van der Waals surface area (Å²) in [6.07, 6.45) is 0. The Morgan fingerprint density at radius 3 is 2.75 bits per heavy atom. The molecule has 28 heavy (non-hydrogen) atoms. The molecule has 2 aromatic rings. The van der Waals surface area contributed by atoms with Crippen LogP contribution in [-0.4, -0.2) is 59.4 Å². The van der Waals surface area contributed by atoms with Gasteiger partial charge in [-0.2, -0.15) is 11.3 Å². The lowest BCUT2D eigenvalue weighted by atomic mass is 10.0.